The average Bonchev–Trinajstić information content (AvgIpc) is 2.56. The number of fused-ring (bicyclic) bond motifs is 1. The summed E-state index contributed by atoms with van der Waals surface area (Å²) >= 11 is 0. The number of anilines is 1. The standard InChI is InChI=1S/C19H21N3O2/c1-4-22-16(23)12-21-11-6-5-10-15(21)18(22)19(24)20-17-13(2)8-7-9-14(17)3/h5-11,18H,4,12H2,1-3H3/p+1/t18-/m1/s1. The van der Waals surface area contributed by atoms with Crippen LogP contribution in [0.2, 0.25) is 0 Å². The highest BCUT2D eigenvalue weighted by Crippen LogP contribution is 2.26. The monoisotopic (exact) mass is 324 g/mol. The number of likely N-dealkylation sites (N-methyl/N-ethyl adjacent to an activating group) is 1. The molecule has 1 atom stereocenters. The van der Waals surface area contributed by atoms with Gasteiger partial charge in [0.2, 0.25) is 12.2 Å². The van der Waals surface area contributed by atoms with E-state index in [1.807, 2.05) is 67.9 Å². The Morgan fingerprint density at radius 2 is 1.92 bits per heavy atom. The van der Waals surface area contributed by atoms with Crippen LogP contribution in [-0.4, -0.2) is 23.3 Å². The van der Waals surface area contributed by atoms with Gasteiger partial charge in [-0.25, -0.2) is 0 Å². The molecule has 2 heterocycles. The van der Waals surface area contributed by atoms with Crippen molar-refractivity contribution in [2.75, 3.05) is 11.9 Å². The maximum Gasteiger partial charge on any atom is 0.289 e. The normalized spacial score (nSPS) is 16.7. The third kappa shape index (κ3) is 2.77. The summed E-state index contributed by atoms with van der Waals surface area (Å²) in [7, 11) is 0. The molecular formula is C19H22N3O2+. The third-order valence-corrected chi connectivity index (χ3v) is 4.51. The molecule has 1 aromatic carbocycles. The molecule has 0 saturated heterocycles. The van der Waals surface area contributed by atoms with Gasteiger partial charge in [0.25, 0.3) is 11.8 Å². The van der Waals surface area contributed by atoms with Gasteiger partial charge in [-0.15, -0.1) is 0 Å². The predicted molar refractivity (Wildman–Crippen MR) is 91.3 cm³/mol. The van der Waals surface area contributed by atoms with Gasteiger partial charge >= 0.3 is 0 Å². The first kappa shape index (κ1) is 16.2. The Balaban J connectivity index is 1.99. The zero-order chi connectivity index (χ0) is 17.3. The molecule has 1 aliphatic rings. The average molecular weight is 324 g/mol. The highest BCUT2D eigenvalue weighted by molar-refractivity contribution is 5.98. The lowest BCUT2D eigenvalue weighted by Gasteiger charge is -2.31. The second kappa shape index (κ2) is 6.43. The number of rotatable bonds is 3. The fourth-order valence-electron chi connectivity index (χ4n) is 3.26. The van der Waals surface area contributed by atoms with Crippen LogP contribution in [0.4, 0.5) is 5.69 Å². The van der Waals surface area contributed by atoms with Crippen LogP contribution in [0.15, 0.2) is 42.6 Å². The molecule has 124 valence electrons. The van der Waals surface area contributed by atoms with Gasteiger partial charge in [-0.05, 0) is 31.9 Å². The number of carbonyl (C=O) groups is 2. The minimum absolute atomic E-state index is 0.0390. The van der Waals surface area contributed by atoms with E-state index in [-0.39, 0.29) is 18.4 Å². The second-order valence-electron chi connectivity index (χ2n) is 6.09. The number of aromatic nitrogens is 1. The van der Waals surface area contributed by atoms with Crippen molar-refractivity contribution in [1.82, 2.24) is 4.90 Å². The third-order valence-electron chi connectivity index (χ3n) is 4.51. The molecule has 0 spiro atoms. The van der Waals surface area contributed by atoms with Gasteiger partial charge in [0.05, 0.1) is 0 Å². The summed E-state index contributed by atoms with van der Waals surface area (Å²) in [4.78, 5) is 27.1. The van der Waals surface area contributed by atoms with Crippen molar-refractivity contribution in [2.45, 2.75) is 33.4 Å². The van der Waals surface area contributed by atoms with E-state index in [4.69, 9.17) is 0 Å². The molecule has 1 aliphatic heterocycles. The number of benzene rings is 1. The van der Waals surface area contributed by atoms with Crippen LogP contribution in [0.3, 0.4) is 0 Å². The molecule has 0 bridgehead atoms. The van der Waals surface area contributed by atoms with E-state index in [9.17, 15) is 9.59 Å². The number of aryl methyl sites for hydroxylation is 2. The van der Waals surface area contributed by atoms with Gasteiger partial charge in [0.15, 0.2) is 12.2 Å². The van der Waals surface area contributed by atoms with Gasteiger partial charge in [0.1, 0.15) is 0 Å². The number of hydrogen-bond acceptors (Lipinski definition) is 2. The molecule has 0 fully saturated rings. The lowest BCUT2D eigenvalue weighted by atomic mass is 10.0. The zero-order valence-corrected chi connectivity index (χ0v) is 14.2. The molecule has 0 radical (unpaired) electrons. The fraction of sp³-hybridized carbons (Fsp3) is 0.316. The predicted octanol–water partition coefficient (Wildman–Crippen LogP) is 2.13. The Morgan fingerprint density at radius 3 is 2.58 bits per heavy atom. The molecule has 2 aromatic rings. The van der Waals surface area contributed by atoms with Gasteiger partial charge < -0.3 is 10.2 Å². The molecular weight excluding hydrogens is 302 g/mol. The molecule has 1 N–H and O–H groups in total. The van der Waals surface area contributed by atoms with Gasteiger partial charge in [0, 0.05) is 24.4 Å². The summed E-state index contributed by atoms with van der Waals surface area (Å²) in [5.74, 6) is -0.217. The van der Waals surface area contributed by atoms with E-state index in [0.717, 1.165) is 22.5 Å². The SMILES string of the molecule is CCN1C(=O)C[n+]2ccccc2[C@@H]1C(=O)Nc1c(C)cccc1C. The van der Waals surface area contributed by atoms with Crippen LogP contribution in [0.5, 0.6) is 0 Å². The minimum Gasteiger partial charge on any atom is -0.323 e. The number of para-hydroxylation sites is 1. The fourth-order valence-corrected chi connectivity index (χ4v) is 3.26. The number of nitrogens with one attached hydrogen (secondary N) is 1. The van der Waals surface area contributed by atoms with Crippen molar-refractivity contribution < 1.29 is 14.2 Å². The van der Waals surface area contributed by atoms with Crippen molar-refractivity contribution >= 4 is 17.5 Å². The number of carbonyl (C=O) groups excluding carboxylic acids is 2. The molecule has 0 aliphatic carbocycles. The first-order chi connectivity index (χ1) is 11.5. The second-order valence-corrected chi connectivity index (χ2v) is 6.09. The van der Waals surface area contributed by atoms with E-state index in [0.29, 0.717) is 6.54 Å². The number of amides is 2. The van der Waals surface area contributed by atoms with Crippen LogP contribution in [-0.2, 0) is 16.1 Å². The van der Waals surface area contributed by atoms with E-state index < -0.39 is 6.04 Å². The molecule has 3 rings (SSSR count). The van der Waals surface area contributed by atoms with Gasteiger partial charge in [-0.1, -0.05) is 24.3 Å². The molecule has 5 heteroatoms. The zero-order valence-electron chi connectivity index (χ0n) is 14.2. The lowest BCUT2D eigenvalue weighted by Crippen LogP contribution is -2.58. The summed E-state index contributed by atoms with van der Waals surface area (Å²) in [6.45, 7) is 6.61. The van der Waals surface area contributed by atoms with Gasteiger partial charge in [-0.2, -0.15) is 4.57 Å². The van der Waals surface area contributed by atoms with E-state index >= 15 is 0 Å². The maximum atomic E-state index is 13.0. The van der Waals surface area contributed by atoms with Crippen molar-refractivity contribution in [3.8, 4) is 0 Å². The van der Waals surface area contributed by atoms with E-state index in [1.165, 1.54) is 0 Å². The van der Waals surface area contributed by atoms with E-state index in [2.05, 4.69) is 5.32 Å². The Labute approximate surface area is 141 Å². The van der Waals surface area contributed by atoms with Crippen molar-refractivity contribution in [3.05, 3.63) is 59.4 Å². The molecule has 24 heavy (non-hydrogen) atoms. The number of pyridine rings is 1. The maximum absolute atomic E-state index is 13.0. The van der Waals surface area contributed by atoms with Crippen LogP contribution >= 0.6 is 0 Å². The quantitative estimate of drug-likeness (QED) is 0.880. The van der Waals surface area contributed by atoms with Crippen LogP contribution in [0.1, 0.15) is 29.8 Å². The van der Waals surface area contributed by atoms with Crippen LogP contribution < -0.4 is 9.88 Å². The highest BCUT2D eigenvalue weighted by atomic mass is 16.2. The largest absolute Gasteiger partial charge is 0.323 e. The number of nitrogens with zero attached hydrogens (tertiary/aromatic N) is 2. The molecule has 0 saturated carbocycles. The summed E-state index contributed by atoms with van der Waals surface area (Å²) in [5.41, 5.74) is 3.67. The first-order valence-corrected chi connectivity index (χ1v) is 8.18. The van der Waals surface area contributed by atoms with Gasteiger partial charge in [-0.3, -0.25) is 9.59 Å². The van der Waals surface area contributed by atoms with Crippen molar-refractivity contribution in [2.24, 2.45) is 0 Å². The summed E-state index contributed by atoms with van der Waals surface area (Å²) < 4.78 is 1.85. The van der Waals surface area contributed by atoms with Crippen molar-refractivity contribution in [1.29, 1.82) is 0 Å². The Hall–Kier alpha value is -2.69. The van der Waals surface area contributed by atoms with Crippen LogP contribution in [0.25, 0.3) is 0 Å². The molecule has 2 amide bonds. The minimum atomic E-state index is -0.614. The van der Waals surface area contributed by atoms with E-state index in [1.54, 1.807) is 4.90 Å². The molecule has 1 aromatic heterocycles. The smallest absolute Gasteiger partial charge is 0.289 e. The summed E-state index contributed by atoms with van der Waals surface area (Å²) in [5, 5.41) is 3.03. The Morgan fingerprint density at radius 1 is 1.21 bits per heavy atom. The number of hydrogen-bond donors (Lipinski definition) is 1. The Bertz CT molecular complexity index is 781. The van der Waals surface area contributed by atoms with Crippen molar-refractivity contribution in [3.63, 3.8) is 0 Å². The molecule has 0 unspecified atom stereocenters. The summed E-state index contributed by atoms with van der Waals surface area (Å²) in [6, 6.07) is 11.0. The first-order valence-electron chi connectivity index (χ1n) is 8.18. The lowest BCUT2D eigenvalue weighted by molar-refractivity contribution is -0.698. The van der Waals surface area contributed by atoms with Crippen LogP contribution in [0, 0.1) is 13.8 Å². The Kier molecular flexibility index (Phi) is 4.34. The molecule has 5 nitrogen and oxygen atoms in total. The highest BCUT2D eigenvalue weighted by Gasteiger charge is 2.42. The summed E-state index contributed by atoms with van der Waals surface area (Å²) in [6.07, 6.45) is 1.85. The topological polar surface area (TPSA) is 53.3 Å².